The number of hydrogen-bond acceptors (Lipinski definition) is 9. The fourth-order valence-electron chi connectivity index (χ4n) is 4.72. The number of nitrogen functional groups attached to an aromatic ring is 1. The van der Waals surface area contributed by atoms with Crippen LogP contribution in [0.5, 0.6) is 0 Å². The fourth-order valence-corrected chi connectivity index (χ4v) is 4.94. The second kappa shape index (κ2) is 10.4. The predicted octanol–water partition coefficient (Wildman–Crippen LogP) is 4.46. The number of hydrogen-bond donors (Lipinski definition) is 1. The number of esters is 2. The quantitative estimate of drug-likeness (QED) is 0.269. The Hall–Kier alpha value is -4.02. The van der Waals surface area contributed by atoms with Crippen molar-refractivity contribution < 1.29 is 23.8 Å². The lowest BCUT2D eigenvalue weighted by atomic mass is 9.82. The lowest BCUT2D eigenvalue weighted by molar-refractivity contribution is -0.0589. The van der Waals surface area contributed by atoms with Gasteiger partial charge in [-0.3, -0.25) is 4.57 Å². The zero-order valence-corrected chi connectivity index (χ0v) is 21.5. The Kier molecular flexibility index (Phi) is 7.00. The molecule has 1 aliphatic rings. The van der Waals surface area contributed by atoms with Crippen molar-refractivity contribution in [2.75, 3.05) is 12.3 Å². The minimum Gasteiger partial charge on any atom is -0.461 e. The minimum absolute atomic E-state index is 0.0291. The molecule has 196 valence electrons. The van der Waals surface area contributed by atoms with Crippen LogP contribution >= 0.6 is 11.6 Å². The average molecular weight is 536 g/mol. The Bertz CT molecular complexity index is 1470. The van der Waals surface area contributed by atoms with E-state index >= 15 is 0 Å². The van der Waals surface area contributed by atoms with Crippen LogP contribution in [0, 0.1) is 5.41 Å². The Morgan fingerprint density at radius 2 is 1.68 bits per heavy atom. The van der Waals surface area contributed by atoms with Gasteiger partial charge in [0, 0.05) is 0 Å². The standard InChI is InChI=1S/C27H26ClN5O5/c1-3-18-20(38-24(35)17-12-8-5-9-13-17)27(2,14-36-23(34)16-10-6-4-7-11-16)25(37-18)33-15-30-19-21(28)31-26(29)32-22(19)33/h4-13,15,18,20,25H,3,14H2,1-2H3,(H2,29,31,32)/t18-,20?,25-,27+/m1/s1. The maximum Gasteiger partial charge on any atom is 0.338 e. The number of carbonyl (C=O) groups excluding carboxylic acids is 2. The monoisotopic (exact) mass is 535 g/mol. The van der Waals surface area contributed by atoms with Crippen molar-refractivity contribution in [2.24, 2.45) is 5.41 Å². The lowest BCUT2D eigenvalue weighted by Gasteiger charge is -2.34. The van der Waals surface area contributed by atoms with Crippen LogP contribution in [0.1, 0.15) is 47.2 Å². The van der Waals surface area contributed by atoms with Crippen molar-refractivity contribution in [3.63, 3.8) is 0 Å². The summed E-state index contributed by atoms with van der Waals surface area (Å²) in [6.45, 7) is 3.64. The van der Waals surface area contributed by atoms with Crippen LogP contribution in [0.3, 0.4) is 0 Å². The minimum atomic E-state index is -1.05. The number of aromatic nitrogens is 4. The molecule has 0 spiro atoms. The van der Waals surface area contributed by atoms with E-state index in [-0.39, 0.29) is 17.7 Å². The lowest BCUT2D eigenvalue weighted by Crippen LogP contribution is -2.44. The van der Waals surface area contributed by atoms with E-state index in [1.807, 2.05) is 26.0 Å². The van der Waals surface area contributed by atoms with Gasteiger partial charge in [0.15, 0.2) is 10.8 Å². The van der Waals surface area contributed by atoms with Gasteiger partial charge in [-0.25, -0.2) is 14.6 Å². The molecule has 0 saturated carbocycles. The van der Waals surface area contributed by atoms with Crippen molar-refractivity contribution in [3.8, 4) is 0 Å². The highest BCUT2D eigenvalue weighted by atomic mass is 35.5. The van der Waals surface area contributed by atoms with Crippen molar-refractivity contribution in [1.82, 2.24) is 19.5 Å². The first-order valence-corrected chi connectivity index (χ1v) is 12.5. The van der Waals surface area contributed by atoms with Crippen molar-refractivity contribution in [1.29, 1.82) is 0 Å². The molecule has 2 aromatic heterocycles. The number of anilines is 1. The number of fused-ring (bicyclic) bond motifs is 1. The first-order chi connectivity index (χ1) is 18.3. The normalized spacial score (nSPS) is 22.9. The maximum absolute atomic E-state index is 13.1. The second-order valence-electron chi connectivity index (χ2n) is 9.27. The van der Waals surface area contributed by atoms with Gasteiger partial charge in [-0.15, -0.1) is 0 Å². The van der Waals surface area contributed by atoms with Gasteiger partial charge in [0.25, 0.3) is 0 Å². The molecular weight excluding hydrogens is 510 g/mol. The predicted molar refractivity (Wildman–Crippen MR) is 139 cm³/mol. The summed E-state index contributed by atoms with van der Waals surface area (Å²) >= 11 is 6.26. The molecule has 1 fully saturated rings. The van der Waals surface area contributed by atoms with Crippen LogP contribution in [-0.4, -0.2) is 50.3 Å². The van der Waals surface area contributed by atoms with Gasteiger partial charge in [-0.2, -0.15) is 9.97 Å². The van der Waals surface area contributed by atoms with Crippen LogP contribution in [0.25, 0.3) is 11.2 Å². The topological polar surface area (TPSA) is 131 Å². The molecule has 0 radical (unpaired) electrons. The number of ether oxygens (including phenoxy) is 3. The van der Waals surface area contributed by atoms with Gasteiger partial charge in [-0.1, -0.05) is 54.9 Å². The number of benzene rings is 2. The molecule has 0 aliphatic carbocycles. The van der Waals surface area contributed by atoms with Crippen molar-refractivity contribution >= 4 is 40.7 Å². The van der Waals surface area contributed by atoms with E-state index in [0.29, 0.717) is 28.7 Å². The summed E-state index contributed by atoms with van der Waals surface area (Å²) in [5.74, 6) is -1.05. The van der Waals surface area contributed by atoms with E-state index < -0.39 is 35.8 Å². The highest BCUT2D eigenvalue weighted by Gasteiger charge is 2.57. The summed E-state index contributed by atoms with van der Waals surface area (Å²) < 4.78 is 20.0. The molecule has 2 N–H and O–H groups in total. The highest BCUT2D eigenvalue weighted by Crippen LogP contribution is 2.49. The first-order valence-electron chi connectivity index (χ1n) is 12.1. The Morgan fingerprint density at radius 3 is 2.32 bits per heavy atom. The largest absolute Gasteiger partial charge is 0.461 e. The van der Waals surface area contributed by atoms with E-state index in [0.717, 1.165) is 0 Å². The average Bonchev–Trinajstić information content (AvgIpc) is 3.47. The maximum atomic E-state index is 13.1. The number of halogens is 1. The summed E-state index contributed by atoms with van der Waals surface area (Å²) in [5.41, 5.74) is 6.30. The zero-order valence-electron chi connectivity index (χ0n) is 20.8. The Morgan fingerprint density at radius 1 is 1.05 bits per heavy atom. The van der Waals surface area contributed by atoms with Gasteiger partial charge >= 0.3 is 11.9 Å². The van der Waals surface area contributed by atoms with Crippen LogP contribution in [0.4, 0.5) is 5.95 Å². The highest BCUT2D eigenvalue weighted by molar-refractivity contribution is 6.33. The van der Waals surface area contributed by atoms with Gasteiger partial charge in [0.1, 0.15) is 24.5 Å². The molecule has 4 aromatic rings. The third-order valence-corrected chi connectivity index (χ3v) is 6.94. The Balaban J connectivity index is 1.54. The molecule has 11 heteroatoms. The van der Waals surface area contributed by atoms with Gasteiger partial charge in [0.2, 0.25) is 5.95 Å². The van der Waals surface area contributed by atoms with Gasteiger partial charge in [-0.05, 0) is 37.6 Å². The summed E-state index contributed by atoms with van der Waals surface area (Å²) in [4.78, 5) is 38.7. The van der Waals surface area contributed by atoms with Crippen LogP contribution < -0.4 is 5.73 Å². The molecule has 1 unspecified atom stereocenters. The molecule has 4 atom stereocenters. The fraction of sp³-hybridized carbons (Fsp3) is 0.296. The SMILES string of the molecule is CC[C@H]1O[C@@H](n2cnc3c(Cl)nc(N)nc32)[C@@](C)(COC(=O)c2ccccc2)C1OC(=O)c1ccccc1. The van der Waals surface area contributed by atoms with Gasteiger partial charge in [0.05, 0.1) is 29.0 Å². The molecule has 1 aliphatic heterocycles. The van der Waals surface area contributed by atoms with E-state index in [1.54, 1.807) is 53.1 Å². The van der Waals surface area contributed by atoms with Crippen LogP contribution in [0.15, 0.2) is 67.0 Å². The van der Waals surface area contributed by atoms with Crippen molar-refractivity contribution in [3.05, 3.63) is 83.3 Å². The number of carbonyl (C=O) groups is 2. The van der Waals surface area contributed by atoms with E-state index in [4.69, 9.17) is 31.5 Å². The number of nitrogens with zero attached hydrogens (tertiary/aromatic N) is 4. The second-order valence-corrected chi connectivity index (χ2v) is 9.63. The summed E-state index contributed by atoms with van der Waals surface area (Å²) in [6, 6.07) is 17.3. The van der Waals surface area contributed by atoms with E-state index in [1.165, 1.54) is 6.33 Å². The molecular formula is C27H26ClN5O5. The first kappa shape index (κ1) is 25.6. The molecule has 2 aromatic carbocycles. The smallest absolute Gasteiger partial charge is 0.338 e. The summed E-state index contributed by atoms with van der Waals surface area (Å²) in [7, 11) is 0. The van der Waals surface area contributed by atoms with Crippen LogP contribution in [0.2, 0.25) is 5.15 Å². The van der Waals surface area contributed by atoms with Crippen LogP contribution in [-0.2, 0) is 14.2 Å². The molecule has 10 nitrogen and oxygen atoms in total. The molecule has 0 bridgehead atoms. The van der Waals surface area contributed by atoms with E-state index in [9.17, 15) is 9.59 Å². The summed E-state index contributed by atoms with van der Waals surface area (Å²) in [5, 5.41) is 0.0977. The number of imidazole rings is 1. The number of nitrogens with two attached hydrogens (primary N) is 1. The summed E-state index contributed by atoms with van der Waals surface area (Å²) in [6.07, 6.45) is -0.0440. The zero-order chi connectivity index (χ0) is 26.9. The molecule has 38 heavy (non-hydrogen) atoms. The molecule has 5 rings (SSSR count). The third kappa shape index (κ3) is 4.68. The van der Waals surface area contributed by atoms with Crippen molar-refractivity contribution in [2.45, 2.75) is 38.7 Å². The van der Waals surface area contributed by atoms with Gasteiger partial charge < -0.3 is 19.9 Å². The number of rotatable bonds is 7. The molecule has 1 saturated heterocycles. The third-order valence-electron chi connectivity index (χ3n) is 6.67. The molecule has 3 heterocycles. The molecule has 0 amide bonds. The van der Waals surface area contributed by atoms with E-state index in [2.05, 4.69) is 15.0 Å². The Labute approximate surface area is 223 Å².